The largest absolute Gasteiger partial charge is 0.390 e. The summed E-state index contributed by atoms with van der Waals surface area (Å²) in [7, 11) is 0. The average Bonchev–Trinajstić information content (AvgIpc) is 3.11. The summed E-state index contributed by atoms with van der Waals surface area (Å²) in [4.78, 5) is 4.05. The van der Waals surface area contributed by atoms with Gasteiger partial charge in [0.2, 0.25) is 0 Å². The molecule has 0 aromatic carbocycles. The van der Waals surface area contributed by atoms with E-state index in [1.165, 1.54) is 12.8 Å². The Kier molecular flexibility index (Phi) is 3.91. The first kappa shape index (κ1) is 11.6. The van der Waals surface area contributed by atoms with Crippen molar-refractivity contribution in [3.8, 4) is 0 Å². The Bertz CT molecular complexity index is 311. The third kappa shape index (κ3) is 3.03. The number of hydrogen-bond donors (Lipinski definition) is 1. The van der Waals surface area contributed by atoms with Crippen molar-refractivity contribution in [1.82, 2.24) is 4.98 Å². The van der Waals surface area contributed by atoms with Crippen LogP contribution >= 0.6 is 0 Å². The van der Waals surface area contributed by atoms with Gasteiger partial charge in [-0.15, -0.1) is 0 Å². The zero-order chi connectivity index (χ0) is 11.4. The molecular formula is C13H19NO2. The number of hydrogen-bond acceptors (Lipinski definition) is 3. The molecule has 16 heavy (non-hydrogen) atoms. The zero-order valence-corrected chi connectivity index (χ0v) is 9.67. The van der Waals surface area contributed by atoms with Gasteiger partial charge in [-0.1, -0.05) is 6.07 Å². The van der Waals surface area contributed by atoms with Gasteiger partial charge in [-0.25, -0.2) is 0 Å². The van der Waals surface area contributed by atoms with E-state index in [1.807, 2.05) is 19.1 Å². The fourth-order valence-corrected chi connectivity index (χ4v) is 2.06. The number of pyridine rings is 1. The molecule has 0 amide bonds. The molecule has 1 N–H and O–H groups in total. The standard InChI is InChI=1S/C13H19NO2/c1-2-16-13(11-5-6-11)12(15)8-10-4-3-7-14-9-10/h3-4,7,9,11-13,15H,2,5-6,8H2,1H3. The van der Waals surface area contributed by atoms with Crippen molar-refractivity contribution in [3.63, 3.8) is 0 Å². The fraction of sp³-hybridized carbons (Fsp3) is 0.615. The molecule has 2 unspecified atom stereocenters. The fourth-order valence-electron chi connectivity index (χ4n) is 2.06. The van der Waals surface area contributed by atoms with Crippen molar-refractivity contribution in [2.45, 2.75) is 38.4 Å². The van der Waals surface area contributed by atoms with Gasteiger partial charge >= 0.3 is 0 Å². The maximum atomic E-state index is 10.2. The summed E-state index contributed by atoms with van der Waals surface area (Å²) in [5.41, 5.74) is 1.07. The van der Waals surface area contributed by atoms with Crippen molar-refractivity contribution in [2.24, 2.45) is 5.92 Å². The molecule has 1 aromatic heterocycles. The predicted molar refractivity (Wildman–Crippen MR) is 62.1 cm³/mol. The van der Waals surface area contributed by atoms with E-state index < -0.39 is 6.10 Å². The molecule has 0 aliphatic heterocycles. The molecule has 0 saturated heterocycles. The van der Waals surface area contributed by atoms with Crippen LogP contribution in [0.5, 0.6) is 0 Å². The minimum absolute atomic E-state index is 0.00482. The van der Waals surface area contributed by atoms with Gasteiger partial charge in [0, 0.05) is 25.4 Å². The summed E-state index contributed by atoms with van der Waals surface area (Å²) in [6.07, 6.45) is 6.16. The predicted octanol–water partition coefficient (Wildman–Crippen LogP) is 1.80. The van der Waals surface area contributed by atoms with E-state index in [9.17, 15) is 5.11 Å². The number of aromatic nitrogens is 1. The molecule has 1 fully saturated rings. The summed E-state index contributed by atoms with van der Waals surface area (Å²) in [5.74, 6) is 0.562. The van der Waals surface area contributed by atoms with Crippen LogP contribution in [0.1, 0.15) is 25.3 Å². The first-order valence-electron chi connectivity index (χ1n) is 6.00. The van der Waals surface area contributed by atoms with Gasteiger partial charge in [-0.3, -0.25) is 4.98 Å². The minimum atomic E-state index is -0.406. The molecule has 1 aromatic rings. The molecule has 0 bridgehead atoms. The van der Waals surface area contributed by atoms with E-state index in [-0.39, 0.29) is 6.10 Å². The van der Waals surface area contributed by atoms with Crippen LogP contribution in [0.25, 0.3) is 0 Å². The molecule has 1 heterocycles. The molecule has 1 aliphatic carbocycles. The number of rotatable bonds is 6. The Morgan fingerprint density at radius 2 is 2.38 bits per heavy atom. The normalized spacial score (nSPS) is 19.4. The van der Waals surface area contributed by atoms with Crippen LogP contribution in [0, 0.1) is 5.92 Å². The summed E-state index contributed by atoms with van der Waals surface area (Å²) < 4.78 is 5.63. The summed E-state index contributed by atoms with van der Waals surface area (Å²) in [6.45, 7) is 2.65. The first-order valence-corrected chi connectivity index (χ1v) is 6.00. The van der Waals surface area contributed by atoms with Gasteiger partial charge < -0.3 is 9.84 Å². The second kappa shape index (κ2) is 5.41. The molecule has 2 rings (SSSR count). The van der Waals surface area contributed by atoms with Crippen molar-refractivity contribution in [3.05, 3.63) is 30.1 Å². The molecule has 0 radical (unpaired) electrons. The van der Waals surface area contributed by atoms with Crippen LogP contribution in [-0.4, -0.2) is 28.9 Å². The maximum Gasteiger partial charge on any atom is 0.0865 e. The lowest BCUT2D eigenvalue weighted by molar-refractivity contribution is -0.0439. The van der Waals surface area contributed by atoms with Gasteiger partial charge in [0.25, 0.3) is 0 Å². The quantitative estimate of drug-likeness (QED) is 0.796. The first-order chi connectivity index (χ1) is 7.81. The maximum absolute atomic E-state index is 10.2. The van der Waals surface area contributed by atoms with Crippen molar-refractivity contribution in [2.75, 3.05) is 6.61 Å². The zero-order valence-electron chi connectivity index (χ0n) is 9.67. The number of nitrogens with zero attached hydrogens (tertiary/aromatic N) is 1. The molecule has 1 saturated carbocycles. The van der Waals surface area contributed by atoms with Crippen LogP contribution in [0.2, 0.25) is 0 Å². The van der Waals surface area contributed by atoms with Crippen molar-refractivity contribution < 1.29 is 9.84 Å². The summed E-state index contributed by atoms with van der Waals surface area (Å²) >= 11 is 0. The Morgan fingerprint density at radius 1 is 1.56 bits per heavy atom. The van der Waals surface area contributed by atoms with E-state index in [2.05, 4.69) is 4.98 Å². The Morgan fingerprint density at radius 3 is 2.94 bits per heavy atom. The SMILES string of the molecule is CCOC(C(O)Cc1cccnc1)C1CC1. The molecule has 2 atom stereocenters. The highest BCUT2D eigenvalue weighted by molar-refractivity contribution is 5.10. The topological polar surface area (TPSA) is 42.4 Å². The number of aliphatic hydroxyl groups excluding tert-OH is 1. The van der Waals surface area contributed by atoms with Gasteiger partial charge in [0.1, 0.15) is 0 Å². The molecule has 0 spiro atoms. The third-order valence-corrected chi connectivity index (χ3v) is 2.99. The summed E-state index contributed by atoms with van der Waals surface area (Å²) in [5, 5.41) is 10.2. The molecule has 3 heteroatoms. The molecular weight excluding hydrogens is 202 g/mol. The molecule has 3 nitrogen and oxygen atoms in total. The van der Waals surface area contributed by atoms with Crippen molar-refractivity contribution in [1.29, 1.82) is 0 Å². The van der Waals surface area contributed by atoms with Crippen LogP contribution < -0.4 is 0 Å². The molecule has 88 valence electrons. The van der Waals surface area contributed by atoms with E-state index in [0.29, 0.717) is 18.9 Å². The number of aliphatic hydroxyl groups is 1. The van der Waals surface area contributed by atoms with Crippen LogP contribution in [-0.2, 0) is 11.2 Å². The average molecular weight is 221 g/mol. The van der Waals surface area contributed by atoms with E-state index in [0.717, 1.165) is 5.56 Å². The second-order valence-corrected chi connectivity index (χ2v) is 4.39. The van der Waals surface area contributed by atoms with Gasteiger partial charge in [0.05, 0.1) is 12.2 Å². The third-order valence-electron chi connectivity index (χ3n) is 2.99. The summed E-state index contributed by atoms with van der Waals surface area (Å²) in [6, 6.07) is 3.89. The second-order valence-electron chi connectivity index (χ2n) is 4.39. The highest BCUT2D eigenvalue weighted by atomic mass is 16.5. The van der Waals surface area contributed by atoms with E-state index in [1.54, 1.807) is 12.4 Å². The lowest BCUT2D eigenvalue weighted by Gasteiger charge is -2.22. The van der Waals surface area contributed by atoms with E-state index >= 15 is 0 Å². The highest BCUT2D eigenvalue weighted by Gasteiger charge is 2.36. The minimum Gasteiger partial charge on any atom is -0.390 e. The Labute approximate surface area is 96.5 Å². The van der Waals surface area contributed by atoms with E-state index in [4.69, 9.17) is 4.74 Å². The van der Waals surface area contributed by atoms with Crippen LogP contribution in [0.3, 0.4) is 0 Å². The smallest absolute Gasteiger partial charge is 0.0865 e. The lowest BCUT2D eigenvalue weighted by Crippen LogP contribution is -2.32. The number of ether oxygens (including phenoxy) is 1. The van der Waals surface area contributed by atoms with Crippen molar-refractivity contribution >= 4 is 0 Å². The Hall–Kier alpha value is -0.930. The Balaban J connectivity index is 1.92. The van der Waals surface area contributed by atoms with Crippen LogP contribution in [0.15, 0.2) is 24.5 Å². The highest BCUT2D eigenvalue weighted by Crippen LogP contribution is 2.36. The molecule has 1 aliphatic rings. The lowest BCUT2D eigenvalue weighted by atomic mass is 10.0. The van der Waals surface area contributed by atoms with Crippen LogP contribution in [0.4, 0.5) is 0 Å². The van der Waals surface area contributed by atoms with Gasteiger partial charge in [0.15, 0.2) is 0 Å². The monoisotopic (exact) mass is 221 g/mol. The van der Waals surface area contributed by atoms with Gasteiger partial charge in [-0.05, 0) is 37.3 Å². The van der Waals surface area contributed by atoms with Gasteiger partial charge in [-0.2, -0.15) is 0 Å².